The van der Waals surface area contributed by atoms with Gasteiger partial charge in [0, 0.05) is 11.1 Å². The van der Waals surface area contributed by atoms with E-state index in [0.717, 1.165) is 11.5 Å². The minimum Gasteiger partial charge on any atom is -0.406 e. The van der Waals surface area contributed by atoms with E-state index in [2.05, 4.69) is 35.6 Å². The van der Waals surface area contributed by atoms with Crippen molar-refractivity contribution in [2.45, 2.75) is 83.4 Å². The van der Waals surface area contributed by atoms with Crippen LogP contribution in [0.2, 0.25) is 0 Å². The number of alkyl halides is 3. The molecule has 1 saturated carbocycles. The van der Waals surface area contributed by atoms with E-state index in [-0.39, 0.29) is 5.75 Å². The molecule has 2 aromatic rings. The zero-order valence-electron chi connectivity index (χ0n) is 18.9. The van der Waals surface area contributed by atoms with Crippen LogP contribution in [0.3, 0.4) is 0 Å². The maximum Gasteiger partial charge on any atom is 0.573 e. The van der Waals surface area contributed by atoms with Gasteiger partial charge in [-0.3, -0.25) is 0 Å². The summed E-state index contributed by atoms with van der Waals surface area (Å²) in [6, 6.07) is 14.1. The fourth-order valence-electron chi connectivity index (χ4n) is 4.54. The van der Waals surface area contributed by atoms with Crippen LogP contribution in [0, 0.1) is 17.8 Å². The molecule has 0 amide bonds. The fraction of sp³-hybridized carbons (Fsp3) is 0.500. The molecule has 0 bridgehead atoms. The lowest BCUT2D eigenvalue weighted by Crippen LogP contribution is -2.16. The molecule has 3 rings (SSSR count). The highest BCUT2D eigenvalue weighted by Crippen LogP contribution is 2.37. The van der Waals surface area contributed by atoms with E-state index in [4.69, 9.17) is 0 Å². The number of unbranched alkanes of at least 4 members (excludes halogenated alkanes) is 4. The van der Waals surface area contributed by atoms with E-state index in [0.29, 0.717) is 11.5 Å². The minimum atomic E-state index is -4.68. The number of hydrogen-bond donors (Lipinski definition) is 0. The van der Waals surface area contributed by atoms with Crippen molar-refractivity contribution in [3.63, 3.8) is 0 Å². The Hall–Kier alpha value is -2.41. The molecule has 172 valence electrons. The van der Waals surface area contributed by atoms with Gasteiger partial charge in [0.05, 0.1) is 0 Å². The lowest BCUT2D eigenvalue weighted by Gasteiger charge is -2.29. The third kappa shape index (κ3) is 8.26. The molecule has 4 heteroatoms. The zero-order valence-corrected chi connectivity index (χ0v) is 18.9. The van der Waals surface area contributed by atoms with Gasteiger partial charge < -0.3 is 4.74 Å². The Kier molecular flexibility index (Phi) is 9.09. The van der Waals surface area contributed by atoms with Gasteiger partial charge in [0.15, 0.2) is 0 Å². The van der Waals surface area contributed by atoms with Crippen molar-refractivity contribution in [3.05, 3.63) is 65.2 Å². The Morgan fingerprint density at radius 2 is 1.34 bits per heavy atom. The maximum atomic E-state index is 12.2. The summed E-state index contributed by atoms with van der Waals surface area (Å²) in [7, 11) is 0. The van der Waals surface area contributed by atoms with Crippen LogP contribution >= 0.6 is 0 Å². The van der Waals surface area contributed by atoms with Gasteiger partial charge in [-0.15, -0.1) is 13.2 Å². The first-order valence-electron chi connectivity index (χ1n) is 11.9. The van der Waals surface area contributed by atoms with Gasteiger partial charge in [0.1, 0.15) is 5.75 Å². The van der Waals surface area contributed by atoms with Crippen molar-refractivity contribution in [1.29, 1.82) is 0 Å². The molecule has 1 fully saturated rings. The van der Waals surface area contributed by atoms with E-state index < -0.39 is 6.36 Å². The van der Waals surface area contributed by atoms with E-state index in [9.17, 15) is 13.2 Å². The maximum absolute atomic E-state index is 12.2. The molecule has 1 nitrogen and oxygen atoms in total. The second-order valence-electron chi connectivity index (χ2n) is 8.86. The van der Waals surface area contributed by atoms with E-state index in [1.165, 1.54) is 94.0 Å². The van der Waals surface area contributed by atoms with Gasteiger partial charge in [-0.05, 0) is 79.5 Å². The zero-order chi connectivity index (χ0) is 22.8. The molecule has 0 aliphatic heterocycles. The van der Waals surface area contributed by atoms with Crippen molar-refractivity contribution in [2.24, 2.45) is 5.92 Å². The Bertz CT molecular complexity index is 864. The number of hydrogen-bond acceptors (Lipinski definition) is 1. The van der Waals surface area contributed by atoms with Gasteiger partial charge in [-0.1, -0.05) is 69.4 Å². The molecule has 0 aromatic heterocycles. The molecule has 2 aromatic carbocycles. The van der Waals surface area contributed by atoms with Crippen molar-refractivity contribution in [1.82, 2.24) is 0 Å². The van der Waals surface area contributed by atoms with Crippen molar-refractivity contribution >= 4 is 0 Å². The SMILES string of the molecule is CCCCCCCC1CCC(c2ccc(C#Cc3ccc(OC(F)(F)F)cc3)cc2)CC1. The van der Waals surface area contributed by atoms with Crippen LogP contribution in [-0.2, 0) is 0 Å². The highest BCUT2D eigenvalue weighted by molar-refractivity contribution is 5.45. The second-order valence-corrected chi connectivity index (χ2v) is 8.86. The topological polar surface area (TPSA) is 9.23 Å². The number of benzene rings is 2. The summed E-state index contributed by atoms with van der Waals surface area (Å²) in [5, 5.41) is 0. The van der Waals surface area contributed by atoms with Crippen LogP contribution in [0.15, 0.2) is 48.5 Å². The van der Waals surface area contributed by atoms with Gasteiger partial charge in [0.2, 0.25) is 0 Å². The Balaban J connectivity index is 1.46. The standard InChI is InChI=1S/C28H33F3O/c1-2-3-4-5-6-7-22-10-16-25(17-11-22)26-18-12-23(13-19-26)8-9-24-14-20-27(21-15-24)32-28(29,30)31/h12-15,18-22,25H,2-7,10-11,16-17H2,1H3. The van der Waals surface area contributed by atoms with E-state index in [1.54, 1.807) is 0 Å². The van der Waals surface area contributed by atoms with Crippen LogP contribution < -0.4 is 4.74 Å². The molecule has 32 heavy (non-hydrogen) atoms. The quantitative estimate of drug-likeness (QED) is 0.294. The number of ether oxygens (including phenoxy) is 1. The van der Waals surface area contributed by atoms with Gasteiger partial charge >= 0.3 is 6.36 Å². The molecular formula is C28H33F3O. The van der Waals surface area contributed by atoms with Crippen molar-refractivity contribution < 1.29 is 17.9 Å². The third-order valence-electron chi connectivity index (χ3n) is 6.38. The molecule has 0 spiro atoms. The normalized spacial score (nSPS) is 18.6. The fourth-order valence-corrected chi connectivity index (χ4v) is 4.54. The highest BCUT2D eigenvalue weighted by Gasteiger charge is 2.30. The molecule has 0 heterocycles. The van der Waals surface area contributed by atoms with Crippen LogP contribution in [0.25, 0.3) is 0 Å². The van der Waals surface area contributed by atoms with Crippen LogP contribution in [0.1, 0.15) is 93.7 Å². The van der Waals surface area contributed by atoms with Gasteiger partial charge in [0.25, 0.3) is 0 Å². The molecule has 0 N–H and O–H groups in total. The monoisotopic (exact) mass is 442 g/mol. The van der Waals surface area contributed by atoms with Crippen LogP contribution in [-0.4, -0.2) is 6.36 Å². The lowest BCUT2D eigenvalue weighted by molar-refractivity contribution is -0.274. The summed E-state index contributed by atoms with van der Waals surface area (Å²) in [5.74, 6) is 7.41. The third-order valence-corrected chi connectivity index (χ3v) is 6.38. The molecule has 1 aliphatic carbocycles. The van der Waals surface area contributed by atoms with E-state index >= 15 is 0 Å². The average Bonchev–Trinajstić information content (AvgIpc) is 2.78. The summed E-state index contributed by atoms with van der Waals surface area (Å²) in [5.41, 5.74) is 2.95. The Labute approximate surface area is 190 Å². The van der Waals surface area contributed by atoms with Gasteiger partial charge in [-0.2, -0.15) is 0 Å². The molecular weight excluding hydrogens is 409 g/mol. The smallest absolute Gasteiger partial charge is 0.406 e. The molecule has 0 radical (unpaired) electrons. The predicted molar refractivity (Wildman–Crippen MR) is 124 cm³/mol. The predicted octanol–water partition coefficient (Wildman–Crippen LogP) is 8.62. The average molecular weight is 443 g/mol. The molecule has 0 unspecified atom stereocenters. The van der Waals surface area contributed by atoms with Crippen molar-refractivity contribution in [2.75, 3.05) is 0 Å². The lowest BCUT2D eigenvalue weighted by atomic mass is 9.77. The molecule has 1 aliphatic rings. The number of halogens is 3. The first-order chi connectivity index (χ1) is 15.4. The van der Waals surface area contributed by atoms with Crippen LogP contribution in [0.5, 0.6) is 5.75 Å². The van der Waals surface area contributed by atoms with E-state index in [1.807, 2.05) is 12.1 Å². The Morgan fingerprint density at radius 3 is 1.91 bits per heavy atom. The second kappa shape index (κ2) is 12.0. The number of rotatable bonds is 8. The highest BCUT2D eigenvalue weighted by atomic mass is 19.4. The largest absolute Gasteiger partial charge is 0.573 e. The summed E-state index contributed by atoms with van der Waals surface area (Å²) >= 11 is 0. The molecule has 0 atom stereocenters. The minimum absolute atomic E-state index is 0.237. The summed E-state index contributed by atoms with van der Waals surface area (Å²) < 4.78 is 40.6. The first kappa shape index (κ1) is 24.2. The van der Waals surface area contributed by atoms with Crippen LogP contribution in [0.4, 0.5) is 13.2 Å². The summed E-state index contributed by atoms with van der Waals surface area (Å²) in [4.78, 5) is 0. The Morgan fingerprint density at radius 1 is 0.781 bits per heavy atom. The van der Waals surface area contributed by atoms with Crippen molar-refractivity contribution in [3.8, 4) is 17.6 Å². The summed E-state index contributed by atoms with van der Waals surface area (Å²) in [6.45, 7) is 2.26. The summed E-state index contributed by atoms with van der Waals surface area (Å²) in [6.07, 6.45) is 8.80. The first-order valence-corrected chi connectivity index (χ1v) is 11.9. The molecule has 0 saturated heterocycles. The van der Waals surface area contributed by atoms with Gasteiger partial charge in [-0.25, -0.2) is 0 Å².